The largest absolute Gasteiger partial charge is 0.342 e. The Balaban J connectivity index is 1.76. The van der Waals surface area contributed by atoms with Gasteiger partial charge >= 0.3 is 0 Å². The standard InChI is InChI=1S/C15H25N3OS/c1-11-17-13(10-20-11)9-16-12-5-7-18(8-6-12)14(19)15(2,3)4/h10,12,16H,5-9H2,1-4H3. The first-order valence-corrected chi connectivity index (χ1v) is 8.18. The quantitative estimate of drug-likeness (QED) is 0.932. The maximum atomic E-state index is 12.2. The van der Waals surface area contributed by atoms with E-state index in [2.05, 4.69) is 15.7 Å². The predicted molar refractivity (Wildman–Crippen MR) is 82.7 cm³/mol. The van der Waals surface area contributed by atoms with Crippen molar-refractivity contribution in [2.45, 2.75) is 53.1 Å². The first-order valence-electron chi connectivity index (χ1n) is 7.30. The zero-order valence-corrected chi connectivity index (χ0v) is 13.7. The van der Waals surface area contributed by atoms with Gasteiger partial charge in [-0.05, 0) is 19.8 Å². The van der Waals surface area contributed by atoms with Gasteiger partial charge in [0.2, 0.25) is 5.91 Å². The van der Waals surface area contributed by atoms with E-state index in [0.717, 1.165) is 43.2 Å². The number of hydrogen-bond donors (Lipinski definition) is 1. The fourth-order valence-electron chi connectivity index (χ4n) is 2.50. The van der Waals surface area contributed by atoms with Gasteiger partial charge in [0.15, 0.2) is 0 Å². The molecule has 4 nitrogen and oxygen atoms in total. The lowest BCUT2D eigenvalue weighted by atomic mass is 9.93. The molecule has 20 heavy (non-hydrogen) atoms. The minimum atomic E-state index is -0.265. The molecule has 0 saturated carbocycles. The molecule has 0 aliphatic carbocycles. The number of nitrogens with one attached hydrogen (secondary N) is 1. The lowest BCUT2D eigenvalue weighted by Gasteiger charge is -2.36. The Morgan fingerprint density at radius 1 is 1.45 bits per heavy atom. The number of aryl methyl sites for hydroxylation is 1. The van der Waals surface area contributed by atoms with Crippen LogP contribution in [-0.2, 0) is 11.3 Å². The Bertz CT molecular complexity index is 456. The number of thiazole rings is 1. The van der Waals surface area contributed by atoms with E-state index < -0.39 is 0 Å². The number of piperidine rings is 1. The number of carbonyl (C=O) groups is 1. The van der Waals surface area contributed by atoms with Crippen LogP contribution in [0.2, 0.25) is 0 Å². The van der Waals surface area contributed by atoms with E-state index in [1.54, 1.807) is 11.3 Å². The zero-order valence-electron chi connectivity index (χ0n) is 12.9. The van der Waals surface area contributed by atoms with Gasteiger partial charge in [0.05, 0.1) is 10.7 Å². The number of aromatic nitrogens is 1. The van der Waals surface area contributed by atoms with E-state index in [0.29, 0.717) is 6.04 Å². The summed E-state index contributed by atoms with van der Waals surface area (Å²) < 4.78 is 0. The van der Waals surface area contributed by atoms with Crippen molar-refractivity contribution >= 4 is 17.2 Å². The summed E-state index contributed by atoms with van der Waals surface area (Å²) in [4.78, 5) is 18.7. The molecular formula is C15H25N3OS. The predicted octanol–water partition coefficient (Wildman–Crippen LogP) is 2.58. The average Bonchev–Trinajstić information content (AvgIpc) is 2.81. The summed E-state index contributed by atoms with van der Waals surface area (Å²) in [7, 11) is 0. The van der Waals surface area contributed by atoms with Crippen LogP contribution < -0.4 is 5.32 Å². The highest BCUT2D eigenvalue weighted by atomic mass is 32.1. The highest BCUT2D eigenvalue weighted by Gasteiger charge is 2.30. The molecular weight excluding hydrogens is 270 g/mol. The van der Waals surface area contributed by atoms with Crippen LogP contribution in [0.5, 0.6) is 0 Å². The second kappa shape index (κ2) is 6.22. The second-order valence-corrected chi connectivity index (χ2v) is 7.62. The normalized spacial score (nSPS) is 17.5. The molecule has 1 aromatic heterocycles. The van der Waals surface area contributed by atoms with Gasteiger partial charge < -0.3 is 10.2 Å². The first-order chi connectivity index (χ1) is 9.36. The number of rotatable bonds is 3. The van der Waals surface area contributed by atoms with Gasteiger partial charge in [-0.3, -0.25) is 4.79 Å². The molecule has 0 radical (unpaired) electrons. The van der Waals surface area contributed by atoms with Crippen molar-refractivity contribution in [1.29, 1.82) is 0 Å². The molecule has 1 aromatic rings. The summed E-state index contributed by atoms with van der Waals surface area (Å²) in [5.41, 5.74) is 0.860. The summed E-state index contributed by atoms with van der Waals surface area (Å²) in [6.45, 7) is 10.6. The van der Waals surface area contributed by atoms with Crippen LogP contribution >= 0.6 is 11.3 Å². The summed E-state index contributed by atoms with van der Waals surface area (Å²) in [6, 6.07) is 0.501. The zero-order chi connectivity index (χ0) is 14.8. The molecule has 2 rings (SSSR count). The Hall–Kier alpha value is -0.940. The van der Waals surface area contributed by atoms with Gasteiger partial charge in [0.1, 0.15) is 0 Å². The summed E-state index contributed by atoms with van der Waals surface area (Å²) in [5, 5.41) is 6.79. The average molecular weight is 295 g/mol. The monoisotopic (exact) mass is 295 g/mol. The third kappa shape index (κ3) is 4.03. The molecule has 0 bridgehead atoms. The van der Waals surface area contributed by atoms with Crippen LogP contribution in [0.25, 0.3) is 0 Å². The maximum Gasteiger partial charge on any atom is 0.227 e. The van der Waals surface area contributed by atoms with Crippen molar-refractivity contribution in [1.82, 2.24) is 15.2 Å². The Kier molecular flexibility index (Phi) is 4.81. The molecule has 1 N–H and O–H groups in total. The fourth-order valence-corrected chi connectivity index (χ4v) is 3.11. The van der Waals surface area contributed by atoms with Gasteiger partial charge in [-0.25, -0.2) is 4.98 Å². The number of carbonyl (C=O) groups excluding carboxylic acids is 1. The van der Waals surface area contributed by atoms with Gasteiger partial charge in [0.25, 0.3) is 0 Å². The van der Waals surface area contributed by atoms with Gasteiger partial charge in [-0.15, -0.1) is 11.3 Å². The molecule has 0 unspecified atom stereocenters. The van der Waals surface area contributed by atoms with E-state index >= 15 is 0 Å². The minimum absolute atomic E-state index is 0.265. The maximum absolute atomic E-state index is 12.2. The number of likely N-dealkylation sites (tertiary alicyclic amines) is 1. The van der Waals surface area contributed by atoms with Crippen molar-refractivity contribution in [2.24, 2.45) is 5.41 Å². The van der Waals surface area contributed by atoms with Crippen LogP contribution in [0.15, 0.2) is 5.38 Å². The minimum Gasteiger partial charge on any atom is -0.342 e. The van der Waals surface area contributed by atoms with Crippen molar-refractivity contribution in [3.05, 3.63) is 16.1 Å². The Labute approximate surface area is 125 Å². The lowest BCUT2D eigenvalue weighted by Crippen LogP contribution is -2.48. The molecule has 0 aromatic carbocycles. The first kappa shape index (κ1) is 15.4. The molecule has 2 heterocycles. The highest BCUT2D eigenvalue weighted by Crippen LogP contribution is 2.21. The number of hydrogen-bond acceptors (Lipinski definition) is 4. The van der Waals surface area contributed by atoms with E-state index in [9.17, 15) is 4.79 Å². The number of nitrogens with zero attached hydrogens (tertiary/aromatic N) is 2. The summed E-state index contributed by atoms with van der Waals surface area (Å²) >= 11 is 1.69. The molecule has 0 atom stereocenters. The van der Waals surface area contributed by atoms with Crippen LogP contribution in [-0.4, -0.2) is 34.9 Å². The fraction of sp³-hybridized carbons (Fsp3) is 0.733. The van der Waals surface area contributed by atoms with Crippen molar-refractivity contribution in [3.63, 3.8) is 0 Å². The molecule has 1 fully saturated rings. The lowest BCUT2D eigenvalue weighted by molar-refractivity contribution is -0.140. The van der Waals surface area contributed by atoms with Crippen molar-refractivity contribution < 1.29 is 4.79 Å². The van der Waals surface area contributed by atoms with Crippen LogP contribution in [0.4, 0.5) is 0 Å². The Morgan fingerprint density at radius 3 is 2.60 bits per heavy atom. The van der Waals surface area contributed by atoms with Crippen LogP contribution in [0.3, 0.4) is 0 Å². The number of amides is 1. The molecule has 1 aliphatic rings. The van der Waals surface area contributed by atoms with Crippen molar-refractivity contribution in [3.8, 4) is 0 Å². The van der Waals surface area contributed by atoms with Crippen LogP contribution in [0.1, 0.15) is 44.3 Å². The molecule has 1 aliphatic heterocycles. The van der Waals surface area contributed by atoms with Crippen molar-refractivity contribution in [2.75, 3.05) is 13.1 Å². The van der Waals surface area contributed by atoms with Gasteiger partial charge in [0, 0.05) is 36.5 Å². The van der Waals surface area contributed by atoms with E-state index in [1.807, 2.05) is 32.6 Å². The second-order valence-electron chi connectivity index (χ2n) is 6.56. The molecule has 112 valence electrons. The topological polar surface area (TPSA) is 45.2 Å². The molecule has 0 spiro atoms. The SMILES string of the molecule is Cc1nc(CNC2CCN(C(=O)C(C)(C)C)CC2)cs1. The van der Waals surface area contributed by atoms with Gasteiger partial charge in [-0.1, -0.05) is 20.8 Å². The van der Waals surface area contributed by atoms with Crippen LogP contribution in [0, 0.1) is 12.3 Å². The van der Waals surface area contributed by atoms with E-state index in [1.165, 1.54) is 0 Å². The Morgan fingerprint density at radius 2 is 2.10 bits per heavy atom. The third-order valence-corrected chi connectivity index (χ3v) is 4.48. The van der Waals surface area contributed by atoms with E-state index in [4.69, 9.17) is 0 Å². The highest BCUT2D eigenvalue weighted by molar-refractivity contribution is 7.09. The molecule has 1 saturated heterocycles. The molecule has 5 heteroatoms. The summed E-state index contributed by atoms with van der Waals surface area (Å²) in [6.07, 6.45) is 2.07. The van der Waals surface area contributed by atoms with E-state index in [-0.39, 0.29) is 11.3 Å². The summed E-state index contributed by atoms with van der Waals surface area (Å²) in [5.74, 6) is 0.270. The smallest absolute Gasteiger partial charge is 0.227 e. The van der Waals surface area contributed by atoms with Gasteiger partial charge in [-0.2, -0.15) is 0 Å². The molecule has 1 amide bonds. The third-order valence-electron chi connectivity index (χ3n) is 3.66.